The van der Waals surface area contributed by atoms with Crippen LogP contribution in [0.5, 0.6) is 5.19 Å². The van der Waals surface area contributed by atoms with Crippen molar-refractivity contribution in [1.29, 1.82) is 0 Å². The van der Waals surface area contributed by atoms with Gasteiger partial charge in [-0.3, -0.25) is 0 Å². The van der Waals surface area contributed by atoms with Gasteiger partial charge in [0.05, 0.1) is 23.8 Å². The first-order valence-corrected chi connectivity index (χ1v) is 10.1. The summed E-state index contributed by atoms with van der Waals surface area (Å²) in [6.07, 6.45) is 1.64. The minimum atomic E-state index is -1.07. The Balaban J connectivity index is 1.21. The van der Waals surface area contributed by atoms with Crippen LogP contribution in [0.4, 0.5) is 13.6 Å². The number of aromatic amines is 1. The number of hydrogen-bond acceptors (Lipinski definition) is 6. The summed E-state index contributed by atoms with van der Waals surface area (Å²) in [5, 5.41) is 14.7. The number of rotatable bonds is 4. The first-order valence-electron chi connectivity index (χ1n) is 9.33. The summed E-state index contributed by atoms with van der Waals surface area (Å²) in [4.78, 5) is 32.2. The molecule has 9 nitrogen and oxygen atoms in total. The SMILES string of the molecule is O=C(O)c1cc2sc(OC3CN(C(=O)N4N=CC[C@H]4c4cc(F)cc(F)c4)C3)nc2[nH]1. The Bertz CT molecular complexity index is 1170. The number of carboxylic acids is 1. The van der Waals surface area contributed by atoms with Gasteiger partial charge in [0.25, 0.3) is 5.19 Å². The lowest BCUT2D eigenvalue weighted by Crippen LogP contribution is -2.58. The molecular formula is C19H15F2N5O4S. The van der Waals surface area contributed by atoms with E-state index in [1.165, 1.54) is 39.4 Å². The van der Waals surface area contributed by atoms with Gasteiger partial charge in [0.1, 0.15) is 23.4 Å². The topological polar surface area (TPSA) is 111 Å². The number of carbonyl (C=O) groups is 2. The first kappa shape index (κ1) is 19.4. The van der Waals surface area contributed by atoms with Crippen molar-refractivity contribution in [2.24, 2.45) is 5.10 Å². The van der Waals surface area contributed by atoms with Crippen LogP contribution in [-0.4, -0.2) is 62.4 Å². The van der Waals surface area contributed by atoms with Gasteiger partial charge in [-0.2, -0.15) is 10.1 Å². The number of ether oxygens (including phenoxy) is 1. The molecule has 5 rings (SSSR count). The number of H-pyrrole nitrogens is 1. The van der Waals surface area contributed by atoms with E-state index in [2.05, 4.69) is 15.1 Å². The molecule has 1 atom stereocenters. The number of fused-ring (bicyclic) bond motifs is 1. The van der Waals surface area contributed by atoms with Crippen molar-refractivity contribution in [3.8, 4) is 5.19 Å². The standard InChI is InChI=1S/C19H15F2N5O4S/c20-10-3-9(4-11(21)5-10)14-1-2-22-26(14)19(29)25-7-12(8-25)30-18-24-16-15(31-18)6-13(23-16)17(27)28/h2-6,12,14,23H,1,7-8H2,(H,27,28)/t14-/m0/s1. The number of urea groups is 1. The van der Waals surface area contributed by atoms with E-state index in [9.17, 15) is 18.4 Å². The molecule has 0 spiro atoms. The van der Waals surface area contributed by atoms with Crippen molar-refractivity contribution in [2.75, 3.05) is 13.1 Å². The predicted octanol–water partition coefficient (Wildman–Crippen LogP) is 3.22. The molecule has 1 saturated heterocycles. The maximum absolute atomic E-state index is 13.6. The van der Waals surface area contributed by atoms with E-state index < -0.39 is 23.6 Å². The summed E-state index contributed by atoms with van der Waals surface area (Å²) in [5.74, 6) is -2.48. The Morgan fingerprint density at radius 3 is 2.61 bits per heavy atom. The average molecular weight is 447 g/mol. The van der Waals surface area contributed by atoms with Crippen molar-refractivity contribution < 1.29 is 28.2 Å². The highest BCUT2D eigenvalue weighted by Crippen LogP contribution is 2.33. The van der Waals surface area contributed by atoms with Crippen LogP contribution in [0.25, 0.3) is 10.3 Å². The largest absolute Gasteiger partial charge is 0.477 e. The molecule has 1 fully saturated rings. The van der Waals surface area contributed by atoms with Crippen molar-refractivity contribution in [3.05, 3.63) is 47.2 Å². The number of nitrogens with one attached hydrogen (secondary N) is 1. The van der Waals surface area contributed by atoms with E-state index in [1.54, 1.807) is 6.21 Å². The van der Waals surface area contributed by atoms with Gasteiger partial charge in [-0.1, -0.05) is 11.3 Å². The van der Waals surface area contributed by atoms with Crippen molar-refractivity contribution in [1.82, 2.24) is 19.9 Å². The van der Waals surface area contributed by atoms with Crippen molar-refractivity contribution in [3.63, 3.8) is 0 Å². The second-order valence-electron chi connectivity index (χ2n) is 7.21. The van der Waals surface area contributed by atoms with E-state index in [-0.39, 0.29) is 17.8 Å². The molecule has 2 N–H and O–H groups in total. The first-order chi connectivity index (χ1) is 14.9. The summed E-state index contributed by atoms with van der Waals surface area (Å²) in [5.41, 5.74) is 0.830. The number of carbonyl (C=O) groups excluding carboxylic acids is 1. The summed E-state index contributed by atoms with van der Waals surface area (Å²) in [6.45, 7) is 0.617. The molecule has 2 aliphatic heterocycles. The van der Waals surface area contributed by atoms with Crippen LogP contribution in [0.1, 0.15) is 28.5 Å². The fourth-order valence-electron chi connectivity index (χ4n) is 3.56. The van der Waals surface area contributed by atoms with Crippen LogP contribution in [0.3, 0.4) is 0 Å². The summed E-state index contributed by atoms with van der Waals surface area (Å²) in [7, 11) is 0. The van der Waals surface area contributed by atoms with Crippen LogP contribution in [0, 0.1) is 11.6 Å². The maximum atomic E-state index is 13.6. The van der Waals surface area contributed by atoms with Crippen LogP contribution < -0.4 is 4.74 Å². The molecule has 2 aromatic heterocycles. The number of likely N-dealkylation sites (tertiary alicyclic amines) is 1. The number of aromatic carboxylic acids is 1. The number of hydrogen-bond donors (Lipinski definition) is 2. The average Bonchev–Trinajstić information content (AvgIpc) is 3.37. The van der Waals surface area contributed by atoms with Gasteiger partial charge in [-0.05, 0) is 23.8 Å². The molecule has 0 saturated carbocycles. The second-order valence-corrected chi connectivity index (χ2v) is 8.20. The molecular weight excluding hydrogens is 432 g/mol. The summed E-state index contributed by atoms with van der Waals surface area (Å²) >= 11 is 1.21. The van der Waals surface area contributed by atoms with Gasteiger partial charge in [-0.25, -0.2) is 23.4 Å². The van der Waals surface area contributed by atoms with E-state index in [4.69, 9.17) is 9.84 Å². The molecule has 2 amide bonds. The number of hydrazone groups is 1. The second kappa shape index (κ2) is 7.30. The molecule has 3 aromatic rings. The number of thiazole rings is 1. The smallest absolute Gasteiger partial charge is 0.352 e. The Labute approximate surface area is 177 Å². The lowest BCUT2D eigenvalue weighted by Gasteiger charge is -2.40. The third kappa shape index (κ3) is 3.58. The quantitative estimate of drug-likeness (QED) is 0.638. The number of aromatic nitrogens is 2. The zero-order chi connectivity index (χ0) is 21.7. The highest BCUT2D eigenvalue weighted by atomic mass is 32.1. The Morgan fingerprint density at radius 2 is 1.94 bits per heavy atom. The maximum Gasteiger partial charge on any atom is 0.352 e. The van der Waals surface area contributed by atoms with Gasteiger partial charge in [-0.15, -0.1) is 0 Å². The van der Waals surface area contributed by atoms with E-state index in [0.29, 0.717) is 40.6 Å². The monoisotopic (exact) mass is 447 g/mol. The fraction of sp³-hybridized carbons (Fsp3) is 0.263. The van der Waals surface area contributed by atoms with Gasteiger partial charge in [0.15, 0.2) is 5.65 Å². The highest BCUT2D eigenvalue weighted by Gasteiger charge is 2.39. The number of carboxylic acid groups (broad SMARTS) is 1. The molecule has 2 aliphatic rings. The van der Waals surface area contributed by atoms with E-state index >= 15 is 0 Å². The minimum Gasteiger partial charge on any atom is -0.477 e. The number of halogens is 2. The van der Waals surface area contributed by atoms with E-state index in [0.717, 1.165) is 6.07 Å². The highest BCUT2D eigenvalue weighted by molar-refractivity contribution is 7.20. The molecule has 12 heteroatoms. The van der Waals surface area contributed by atoms with Crippen LogP contribution in [0.2, 0.25) is 0 Å². The lowest BCUT2D eigenvalue weighted by molar-refractivity contribution is 0.0277. The number of nitrogens with zero attached hydrogens (tertiary/aromatic N) is 4. The lowest BCUT2D eigenvalue weighted by atomic mass is 10.0. The summed E-state index contributed by atoms with van der Waals surface area (Å²) < 4.78 is 33.6. The molecule has 160 valence electrons. The Kier molecular flexibility index (Phi) is 4.58. The van der Waals surface area contributed by atoms with Gasteiger partial charge in [0.2, 0.25) is 0 Å². The van der Waals surface area contributed by atoms with Crippen LogP contribution in [0.15, 0.2) is 29.4 Å². The normalized spacial score (nSPS) is 18.6. The molecule has 0 unspecified atom stereocenters. The van der Waals surface area contributed by atoms with Crippen LogP contribution >= 0.6 is 11.3 Å². The predicted molar refractivity (Wildman–Crippen MR) is 106 cm³/mol. The van der Waals surface area contributed by atoms with Gasteiger partial charge < -0.3 is 19.7 Å². The summed E-state index contributed by atoms with van der Waals surface area (Å²) in [6, 6.07) is 3.72. The molecule has 1 aromatic carbocycles. The molecule has 4 heterocycles. The third-order valence-corrected chi connectivity index (χ3v) is 5.97. The van der Waals surface area contributed by atoms with Crippen molar-refractivity contribution >= 4 is 39.9 Å². The molecule has 0 radical (unpaired) electrons. The molecule has 0 aliphatic carbocycles. The molecule has 31 heavy (non-hydrogen) atoms. The zero-order valence-corrected chi connectivity index (χ0v) is 16.6. The number of amides is 2. The Hall–Kier alpha value is -3.54. The van der Waals surface area contributed by atoms with Gasteiger partial charge in [0, 0.05) is 18.7 Å². The Morgan fingerprint density at radius 1 is 1.19 bits per heavy atom. The third-order valence-electron chi connectivity index (χ3n) is 5.07. The minimum absolute atomic E-state index is 0.0552. The molecule has 0 bridgehead atoms. The van der Waals surface area contributed by atoms with Gasteiger partial charge >= 0.3 is 12.0 Å². The number of benzene rings is 1. The van der Waals surface area contributed by atoms with Crippen LogP contribution in [-0.2, 0) is 0 Å². The van der Waals surface area contributed by atoms with Crippen molar-refractivity contribution in [2.45, 2.75) is 18.6 Å². The fourth-order valence-corrected chi connectivity index (χ4v) is 4.44. The zero-order valence-electron chi connectivity index (χ0n) is 15.8. The van der Waals surface area contributed by atoms with E-state index in [1.807, 2.05) is 0 Å².